The Morgan fingerprint density at radius 2 is 1.78 bits per heavy atom. The molecule has 0 saturated carbocycles. The van der Waals surface area contributed by atoms with Gasteiger partial charge in [-0.2, -0.15) is 0 Å². The van der Waals surface area contributed by atoms with E-state index in [2.05, 4.69) is 5.32 Å². The molecule has 102 valence electrons. The predicted octanol–water partition coefficient (Wildman–Crippen LogP) is 1.75. The standard InChI is InChI=1S/C13H19F2NO2/c1-2-4-9(17)7-16-8-12(18)13-10(14)5-3-6-11(13)15/h3,5-6,9,12,16-18H,2,4,7-8H2,1H3. The Bertz CT molecular complexity index is 354. The van der Waals surface area contributed by atoms with E-state index >= 15 is 0 Å². The molecule has 5 heteroatoms. The zero-order valence-electron chi connectivity index (χ0n) is 10.4. The summed E-state index contributed by atoms with van der Waals surface area (Å²) >= 11 is 0. The SMILES string of the molecule is CCCC(O)CNCC(O)c1c(F)cccc1F. The van der Waals surface area contributed by atoms with Gasteiger partial charge in [-0.25, -0.2) is 8.78 Å². The topological polar surface area (TPSA) is 52.5 Å². The van der Waals surface area contributed by atoms with Gasteiger partial charge in [0.25, 0.3) is 0 Å². The number of hydrogen-bond acceptors (Lipinski definition) is 3. The Labute approximate surface area is 105 Å². The first-order valence-electron chi connectivity index (χ1n) is 6.07. The second kappa shape index (κ2) is 7.41. The minimum atomic E-state index is -1.26. The van der Waals surface area contributed by atoms with E-state index in [1.807, 2.05) is 6.92 Å². The van der Waals surface area contributed by atoms with Crippen molar-refractivity contribution in [2.24, 2.45) is 0 Å². The molecule has 0 bridgehead atoms. The molecule has 0 amide bonds. The van der Waals surface area contributed by atoms with Gasteiger partial charge in [0.05, 0.1) is 17.8 Å². The number of benzene rings is 1. The van der Waals surface area contributed by atoms with Gasteiger partial charge >= 0.3 is 0 Å². The maximum absolute atomic E-state index is 13.3. The average Bonchev–Trinajstić information content (AvgIpc) is 2.29. The smallest absolute Gasteiger partial charge is 0.131 e. The molecule has 0 heterocycles. The van der Waals surface area contributed by atoms with E-state index in [1.165, 1.54) is 6.07 Å². The van der Waals surface area contributed by atoms with Crippen molar-refractivity contribution in [2.45, 2.75) is 32.0 Å². The van der Waals surface area contributed by atoms with Crippen molar-refractivity contribution < 1.29 is 19.0 Å². The van der Waals surface area contributed by atoms with Gasteiger partial charge in [0.15, 0.2) is 0 Å². The Balaban J connectivity index is 2.48. The van der Waals surface area contributed by atoms with Crippen LogP contribution in [0.3, 0.4) is 0 Å². The summed E-state index contributed by atoms with van der Waals surface area (Å²) < 4.78 is 26.7. The molecule has 2 atom stereocenters. The molecular formula is C13H19F2NO2. The maximum atomic E-state index is 13.3. The Hall–Kier alpha value is -1.04. The molecule has 3 nitrogen and oxygen atoms in total. The zero-order chi connectivity index (χ0) is 13.5. The van der Waals surface area contributed by atoms with Crippen LogP contribution in [0.4, 0.5) is 8.78 Å². The summed E-state index contributed by atoms with van der Waals surface area (Å²) in [6.45, 7) is 2.24. The van der Waals surface area contributed by atoms with Gasteiger partial charge in [0.2, 0.25) is 0 Å². The number of halogens is 2. The second-order valence-corrected chi connectivity index (χ2v) is 4.25. The molecule has 1 aromatic rings. The molecule has 0 aromatic heterocycles. The van der Waals surface area contributed by atoms with Crippen molar-refractivity contribution >= 4 is 0 Å². The van der Waals surface area contributed by atoms with Crippen molar-refractivity contribution in [2.75, 3.05) is 13.1 Å². The van der Waals surface area contributed by atoms with Crippen LogP contribution in [-0.2, 0) is 0 Å². The highest BCUT2D eigenvalue weighted by Crippen LogP contribution is 2.19. The minimum absolute atomic E-state index is 0.00136. The highest BCUT2D eigenvalue weighted by atomic mass is 19.1. The van der Waals surface area contributed by atoms with Gasteiger partial charge in [-0.15, -0.1) is 0 Å². The van der Waals surface area contributed by atoms with Gasteiger partial charge in [-0.3, -0.25) is 0 Å². The number of hydrogen-bond donors (Lipinski definition) is 3. The van der Waals surface area contributed by atoms with Crippen LogP contribution < -0.4 is 5.32 Å². The van der Waals surface area contributed by atoms with Crippen LogP contribution in [0.1, 0.15) is 31.4 Å². The first kappa shape index (κ1) is 15.0. The van der Waals surface area contributed by atoms with E-state index in [1.54, 1.807) is 0 Å². The molecule has 2 unspecified atom stereocenters. The molecule has 0 saturated heterocycles. The number of aliphatic hydroxyl groups excluding tert-OH is 2. The first-order chi connectivity index (χ1) is 8.56. The van der Waals surface area contributed by atoms with Crippen molar-refractivity contribution in [3.05, 3.63) is 35.4 Å². The molecular weight excluding hydrogens is 240 g/mol. The highest BCUT2D eigenvalue weighted by Gasteiger charge is 2.17. The third kappa shape index (κ3) is 4.33. The maximum Gasteiger partial charge on any atom is 0.131 e. The van der Waals surface area contributed by atoms with Crippen molar-refractivity contribution in [3.63, 3.8) is 0 Å². The highest BCUT2D eigenvalue weighted by molar-refractivity contribution is 5.22. The Morgan fingerprint density at radius 3 is 2.33 bits per heavy atom. The van der Waals surface area contributed by atoms with E-state index < -0.39 is 23.8 Å². The van der Waals surface area contributed by atoms with Crippen LogP contribution in [0.15, 0.2) is 18.2 Å². The molecule has 3 N–H and O–H groups in total. The van der Waals surface area contributed by atoms with Crippen LogP contribution in [0.25, 0.3) is 0 Å². The van der Waals surface area contributed by atoms with Crippen LogP contribution in [0.5, 0.6) is 0 Å². The van der Waals surface area contributed by atoms with Gasteiger partial charge in [-0.05, 0) is 18.6 Å². The summed E-state index contributed by atoms with van der Waals surface area (Å²) in [4.78, 5) is 0. The van der Waals surface area contributed by atoms with Gasteiger partial charge in [0, 0.05) is 13.1 Å². The van der Waals surface area contributed by atoms with Gasteiger partial charge < -0.3 is 15.5 Å². The van der Waals surface area contributed by atoms with Crippen molar-refractivity contribution in [3.8, 4) is 0 Å². The van der Waals surface area contributed by atoms with E-state index in [9.17, 15) is 19.0 Å². The lowest BCUT2D eigenvalue weighted by Gasteiger charge is -2.15. The average molecular weight is 259 g/mol. The van der Waals surface area contributed by atoms with Gasteiger partial charge in [0.1, 0.15) is 11.6 Å². The second-order valence-electron chi connectivity index (χ2n) is 4.25. The fourth-order valence-electron chi connectivity index (χ4n) is 1.75. The molecule has 1 rings (SSSR count). The van der Waals surface area contributed by atoms with Crippen LogP contribution in [-0.4, -0.2) is 29.4 Å². The van der Waals surface area contributed by atoms with Crippen molar-refractivity contribution in [1.29, 1.82) is 0 Å². The monoisotopic (exact) mass is 259 g/mol. The lowest BCUT2D eigenvalue weighted by atomic mass is 10.1. The quantitative estimate of drug-likeness (QED) is 0.699. The van der Waals surface area contributed by atoms with E-state index in [0.717, 1.165) is 18.6 Å². The molecule has 1 aromatic carbocycles. The third-order valence-corrected chi connectivity index (χ3v) is 2.67. The zero-order valence-corrected chi connectivity index (χ0v) is 10.4. The van der Waals surface area contributed by atoms with Crippen LogP contribution in [0.2, 0.25) is 0 Å². The Morgan fingerprint density at radius 1 is 1.17 bits per heavy atom. The normalized spacial score (nSPS) is 14.5. The lowest BCUT2D eigenvalue weighted by Crippen LogP contribution is -2.30. The Kier molecular flexibility index (Phi) is 6.18. The first-order valence-corrected chi connectivity index (χ1v) is 6.07. The molecule has 0 fully saturated rings. The van der Waals surface area contributed by atoms with E-state index in [-0.39, 0.29) is 12.1 Å². The summed E-state index contributed by atoms with van der Waals surface area (Å²) in [6.07, 6.45) is -0.266. The summed E-state index contributed by atoms with van der Waals surface area (Å²) in [7, 11) is 0. The summed E-state index contributed by atoms with van der Waals surface area (Å²) in [5.41, 5.74) is -0.338. The molecule has 0 radical (unpaired) electrons. The molecule has 0 aliphatic carbocycles. The molecule has 0 aliphatic rings. The molecule has 18 heavy (non-hydrogen) atoms. The number of aliphatic hydroxyl groups is 2. The van der Waals surface area contributed by atoms with Crippen LogP contribution >= 0.6 is 0 Å². The fourth-order valence-corrected chi connectivity index (χ4v) is 1.75. The number of rotatable bonds is 7. The molecule has 0 aliphatic heterocycles. The van der Waals surface area contributed by atoms with Crippen molar-refractivity contribution in [1.82, 2.24) is 5.32 Å². The van der Waals surface area contributed by atoms with E-state index in [4.69, 9.17) is 0 Å². The third-order valence-electron chi connectivity index (χ3n) is 2.67. The fraction of sp³-hybridized carbons (Fsp3) is 0.538. The predicted molar refractivity (Wildman–Crippen MR) is 65.1 cm³/mol. The number of nitrogens with one attached hydrogen (secondary N) is 1. The lowest BCUT2D eigenvalue weighted by molar-refractivity contribution is 0.136. The summed E-state index contributed by atoms with van der Waals surface area (Å²) in [6, 6.07) is 3.46. The van der Waals surface area contributed by atoms with Gasteiger partial charge in [-0.1, -0.05) is 19.4 Å². The van der Waals surface area contributed by atoms with E-state index in [0.29, 0.717) is 13.0 Å². The minimum Gasteiger partial charge on any atom is -0.392 e. The van der Waals surface area contributed by atoms with Crippen LogP contribution in [0, 0.1) is 11.6 Å². The largest absolute Gasteiger partial charge is 0.392 e. The molecule has 0 spiro atoms. The summed E-state index contributed by atoms with van der Waals surface area (Å²) in [5, 5.41) is 21.9. The summed E-state index contributed by atoms with van der Waals surface area (Å²) in [5.74, 6) is -1.53.